The van der Waals surface area contributed by atoms with Crippen LogP contribution in [0.2, 0.25) is 0 Å². The second-order valence-corrected chi connectivity index (χ2v) is 5.61. The van der Waals surface area contributed by atoms with Gasteiger partial charge >= 0.3 is 5.97 Å². The van der Waals surface area contributed by atoms with E-state index in [1.165, 1.54) is 12.1 Å². The molecule has 1 aliphatic heterocycles. The molecule has 1 aliphatic rings. The summed E-state index contributed by atoms with van der Waals surface area (Å²) in [5, 5.41) is 9.64. The molecule has 3 rings (SSSR count). The molecule has 1 saturated heterocycles. The maximum absolute atomic E-state index is 13.2. The largest absolute Gasteiger partial charge is 0.481 e. The highest BCUT2D eigenvalue weighted by Crippen LogP contribution is 2.21. The molecule has 2 heterocycles. The van der Waals surface area contributed by atoms with E-state index in [-0.39, 0.29) is 31.1 Å². The van der Waals surface area contributed by atoms with Crippen LogP contribution in [0.5, 0.6) is 0 Å². The zero-order valence-electron chi connectivity index (χ0n) is 12.4. The minimum atomic E-state index is -0.942. The molecule has 7 heteroatoms. The van der Waals surface area contributed by atoms with E-state index in [2.05, 4.69) is 4.98 Å². The van der Waals surface area contributed by atoms with Crippen molar-refractivity contribution in [3.8, 4) is 0 Å². The fourth-order valence-corrected chi connectivity index (χ4v) is 2.84. The van der Waals surface area contributed by atoms with Crippen LogP contribution in [-0.4, -0.2) is 52.7 Å². The first-order valence-electron chi connectivity index (χ1n) is 7.39. The fraction of sp³-hybridized carbons (Fsp3) is 0.375. The SMILES string of the molecule is O=C(O)C[C@@H]1CN(C(=O)Cc2c[nH]c3cc(F)ccc23)CCO1. The third-order valence-electron chi connectivity index (χ3n) is 3.96. The van der Waals surface area contributed by atoms with Crippen LogP contribution in [0, 0.1) is 5.82 Å². The predicted molar refractivity (Wildman–Crippen MR) is 80.5 cm³/mol. The lowest BCUT2D eigenvalue weighted by molar-refractivity contribution is -0.147. The second-order valence-electron chi connectivity index (χ2n) is 5.61. The Bertz CT molecular complexity index is 743. The number of nitrogens with one attached hydrogen (secondary N) is 1. The number of aliphatic carboxylic acids is 1. The number of morpholine rings is 1. The molecule has 0 saturated carbocycles. The number of rotatable bonds is 4. The van der Waals surface area contributed by atoms with E-state index in [4.69, 9.17) is 9.84 Å². The lowest BCUT2D eigenvalue weighted by Gasteiger charge is -2.32. The molecule has 0 radical (unpaired) electrons. The molecule has 1 amide bonds. The summed E-state index contributed by atoms with van der Waals surface area (Å²) >= 11 is 0. The van der Waals surface area contributed by atoms with Gasteiger partial charge in [-0.25, -0.2) is 4.39 Å². The summed E-state index contributed by atoms with van der Waals surface area (Å²) in [7, 11) is 0. The minimum Gasteiger partial charge on any atom is -0.481 e. The molecule has 1 fully saturated rings. The van der Waals surface area contributed by atoms with Gasteiger partial charge in [0.05, 0.1) is 25.6 Å². The second kappa shape index (κ2) is 6.37. The number of nitrogens with zero attached hydrogens (tertiary/aromatic N) is 1. The van der Waals surface area contributed by atoms with Crippen molar-refractivity contribution >= 4 is 22.8 Å². The van der Waals surface area contributed by atoms with E-state index >= 15 is 0 Å². The molecular weight excluding hydrogens is 303 g/mol. The smallest absolute Gasteiger partial charge is 0.306 e. The minimum absolute atomic E-state index is 0.0890. The highest BCUT2D eigenvalue weighted by Gasteiger charge is 2.26. The van der Waals surface area contributed by atoms with Gasteiger partial charge in [0.2, 0.25) is 5.91 Å². The molecular formula is C16H17FN2O4. The molecule has 122 valence electrons. The maximum Gasteiger partial charge on any atom is 0.306 e. The molecule has 0 bridgehead atoms. The standard InChI is InChI=1S/C16H17FN2O4/c17-11-1-2-13-10(8-18-14(13)6-11)5-15(20)19-3-4-23-12(9-19)7-16(21)22/h1-2,6,8,12,18H,3-5,7,9H2,(H,21,22)/t12-/m1/s1. The fourth-order valence-electron chi connectivity index (χ4n) is 2.84. The summed E-state index contributed by atoms with van der Waals surface area (Å²) in [4.78, 5) is 27.8. The predicted octanol–water partition coefficient (Wildman–Crippen LogP) is 1.55. The van der Waals surface area contributed by atoms with Crippen LogP contribution in [0.3, 0.4) is 0 Å². The molecule has 1 atom stereocenters. The van der Waals surface area contributed by atoms with Crippen molar-refractivity contribution in [1.29, 1.82) is 0 Å². The Morgan fingerprint density at radius 1 is 1.43 bits per heavy atom. The van der Waals surface area contributed by atoms with Gasteiger partial charge in [-0.3, -0.25) is 9.59 Å². The van der Waals surface area contributed by atoms with Gasteiger partial charge in [0.15, 0.2) is 0 Å². The number of benzene rings is 1. The summed E-state index contributed by atoms with van der Waals surface area (Å²) in [6.07, 6.45) is 1.31. The normalized spacial score (nSPS) is 18.3. The molecule has 0 unspecified atom stereocenters. The van der Waals surface area contributed by atoms with Crippen molar-refractivity contribution in [2.24, 2.45) is 0 Å². The van der Waals surface area contributed by atoms with Crippen LogP contribution >= 0.6 is 0 Å². The van der Waals surface area contributed by atoms with Crippen LogP contribution in [0.25, 0.3) is 10.9 Å². The Morgan fingerprint density at radius 3 is 3.04 bits per heavy atom. The van der Waals surface area contributed by atoms with E-state index < -0.39 is 12.1 Å². The number of halogens is 1. The van der Waals surface area contributed by atoms with Crippen LogP contribution in [0.4, 0.5) is 4.39 Å². The number of ether oxygens (including phenoxy) is 1. The first-order chi connectivity index (χ1) is 11.0. The number of carbonyl (C=O) groups excluding carboxylic acids is 1. The first kappa shape index (κ1) is 15.5. The van der Waals surface area contributed by atoms with E-state index in [1.807, 2.05) is 0 Å². The number of amides is 1. The number of carbonyl (C=O) groups is 2. The Kier molecular flexibility index (Phi) is 4.29. The quantitative estimate of drug-likeness (QED) is 0.895. The monoisotopic (exact) mass is 320 g/mol. The summed E-state index contributed by atoms with van der Waals surface area (Å²) in [5.41, 5.74) is 1.45. The van der Waals surface area contributed by atoms with Gasteiger partial charge in [-0.2, -0.15) is 0 Å². The molecule has 1 aromatic carbocycles. The topological polar surface area (TPSA) is 82.6 Å². The molecule has 2 aromatic rings. The van der Waals surface area contributed by atoms with Gasteiger partial charge in [0.1, 0.15) is 5.82 Å². The average Bonchev–Trinajstić information content (AvgIpc) is 2.89. The van der Waals surface area contributed by atoms with Crippen molar-refractivity contribution in [2.75, 3.05) is 19.7 Å². The third kappa shape index (κ3) is 3.50. The molecule has 6 nitrogen and oxygen atoms in total. The third-order valence-corrected chi connectivity index (χ3v) is 3.96. The van der Waals surface area contributed by atoms with E-state index in [0.29, 0.717) is 18.7 Å². The van der Waals surface area contributed by atoms with Gasteiger partial charge < -0.3 is 19.7 Å². The van der Waals surface area contributed by atoms with Crippen LogP contribution < -0.4 is 0 Å². The van der Waals surface area contributed by atoms with E-state index in [9.17, 15) is 14.0 Å². The zero-order valence-corrected chi connectivity index (χ0v) is 12.4. The van der Waals surface area contributed by atoms with Gasteiger partial charge in [-0.15, -0.1) is 0 Å². The molecule has 0 spiro atoms. The average molecular weight is 320 g/mol. The number of carboxylic acids is 1. The number of aromatic amines is 1. The highest BCUT2D eigenvalue weighted by atomic mass is 19.1. The summed E-state index contributed by atoms with van der Waals surface area (Å²) < 4.78 is 18.6. The molecule has 2 N–H and O–H groups in total. The number of aromatic nitrogens is 1. The lowest BCUT2D eigenvalue weighted by Crippen LogP contribution is -2.46. The molecule has 1 aromatic heterocycles. The van der Waals surface area contributed by atoms with Crippen molar-refractivity contribution in [3.05, 3.63) is 35.8 Å². The van der Waals surface area contributed by atoms with Crippen molar-refractivity contribution in [1.82, 2.24) is 9.88 Å². The highest BCUT2D eigenvalue weighted by molar-refractivity contribution is 5.89. The summed E-state index contributed by atoms with van der Waals surface area (Å²) in [6.45, 7) is 1.07. The summed E-state index contributed by atoms with van der Waals surface area (Å²) in [6, 6.07) is 4.40. The van der Waals surface area contributed by atoms with Gasteiger partial charge in [0.25, 0.3) is 0 Å². The van der Waals surface area contributed by atoms with Crippen molar-refractivity contribution < 1.29 is 23.8 Å². The maximum atomic E-state index is 13.2. The van der Waals surface area contributed by atoms with E-state index in [0.717, 1.165) is 10.9 Å². The number of carboxylic acid groups (broad SMARTS) is 1. The van der Waals surface area contributed by atoms with Crippen LogP contribution in [0.15, 0.2) is 24.4 Å². The molecule has 0 aliphatic carbocycles. The van der Waals surface area contributed by atoms with Gasteiger partial charge in [-0.05, 0) is 23.8 Å². The van der Waals surface area contributed by atoms with Gasteiger partial charge in [0, 0.05) is 30.2 Å². The molecule has 23 heavy (non-hydrogen) atoms. The first-order valence-corrected chi connectivity index (χ1v) is 7.39. The van der Waals surface area contributed by atoms with Crippen molar-refractivity contribution in [2.45, 2.75) is 18.9 Å². The number of hydrogen-bond donors (Lipinski definition) is 2. The Labute approximate surface area is 131 Å². The van der Waals surface area contributed by atoms with Crippen molar-refractivity contribution in [3.63, 3.8) is 0 Å². The number of fused-ring (bicyclic) bond motifs is 1. The van der Waals surface area contributed by atoms with Crippen LogP contribution in [0.1, 0.15) is 12.0 Å². The Morgan fingerprint density at radius 2 is 2.26 bits per heavy atom. The Hall–Kier alpha value is -2.41. The zero-order chi connectivity index (χ0) is 16.4. The van der Waals surface area contributed by atoms with E-state index in [1.54, 1.807) is 17.2 Å². The van der Waals surface area contributed by atoms with Gasteiger partial charge in [-0.1, -0.05) is 0 Å². The summed E-state index contributed by atoms with van der Waals surface area (Å²) in [5.74, 6) is -1.36. The Balaban J connectivity index is 1.69. The van der Waals surface area contributed by atoms with Crippen LogP contribution in [-0.2, 0) is 20.7 Å². The number of hydrogen-bond acceptors (Lipinski definition) is 3. The number of H-pyrrole nitrogens is 1. The lowest BCUT2D eigenvalue weighted by atomic mass is 10.1.